The Hall–Kier alpha value is -1.22. The summed E-state index contributed by atoms with van der Waals surface area (Å²) in [5.74, 6) is -0.403. The highest BCUT2D eigenvalue weighted by Gasteiger charge is 2.35. The van der Waals surface area contributed by atoms with E-state index in [1.165, 1.54) is 22.5 Å². The van der Waals surface area contributed by atoms with E-state index in [2.05, 4.69) is 5.32 Å². The second kappa shape index (κ2) is 7.99. The van der Waals surface area contributed by atoms with Gasteiger partial charge in [-0.05, 0) is 43.5 Å². The summed E-state index contributed by atoms with van der Waals surface area (Å²) in [6, 6.07) is 3.76. The lowest BCUT2D eigenvalue weighted by molar-refractivity contribution is -0.135. The molecule has 2 aliphatic heterocycles. The van der Waals surface area contributed by atoms with E-state index in [-0.39, 0.29) is 29.3 Å². The molecule has 25 heavy (non-hydrogen) atoms. The zero-order valence-corrected chi connectivity index (χ0v) is 15.7. The molecule has 1 aromatic rings. The number of sulfonamides is 1. The van der Waals surface area contributed by atoms with Crippen molar-refractivity contribution >= 4 is 28.3 Å². The molecule has 1 unspecified atom stereocenters. The second-order valence-corrected chi connectivity index (χ2v) is 8.27. The minimum Gasteiger partial charge on any atom is -0.336 e. The fourth-order valence-corrected chi connectivity index (χ4v) is 4.93. The maximum absolute atomic E-state index is 13.4. The third-order valence-corrected chi connectivity index (χ3v) is 6.55. The fraction of sp³-hybridized carbons (Fsp3) is 0.562. The maximum atomic E-state index is 13.4. The van der Waals surface area contributed by atoms with E-state index < -0.39 is 15.8 Å². The average molecular weight is 392 g/mol. The minimum absolute atomic E-state index is 0. The molecule has 3 rings (SSSR count). The molecule has 0 aliphatic carbocycles. The van der Waals surface area contributed by atoms with E-state index >= 15 is 0 Å². The van der Waals surface area contributed by atoms with Crippen molar-refractivity contribution in [1.29, 1.82) is 0 Å². The van der Waals surface area contributed by atoms with Gasteiger partial charge in [-0.1, -0.05) is 0 Å². The summed E-state index contributed by atoms with van der Waals surface area (Å²) in [5.41, 5.74) is 0.307. The summed E-state index contributed by atoms with van der Waals surface area (Å²) in [5, 5.41) is 3.02. The van der Waals surface area contributed by atoms with Crippen molar-refractivity contribution in [2.24, 2.45) is 0 Å². The molecule has 0 spiro atoms. The Bertz CT molecular complexity index is 744. The summed E-state index contributed by atoms with van der Waals surface area (Å²) < 4.78 is 40.5. The summed E-state index contributed by atoms with van der Waals surface area (Å²) in [7, 11) is -3.68. The average Bonchev–Trinajstić information content (AvgIpc) is 2.58. The first-order valence-corrected chi connectivity index (χ1v) is 9.60. The zero-order chi connectivity index (χ0) is 17.3. The molecule has 1 atom stereocenters. The van der Waals surface area contributed by atoms with Crippen molar-refractivity contribution in [3.05, 3.63) is 29.6 Å². The molecular weight excluding hydrogens is 369 g/mol. The number of carbonyl (C=O) groups excluding carboxylic acids is 1. The normalized spacial score (nSPS) is 22.6. The highest BCUT2D eigenvalue weighted by atomic mass is 35.5. The Kier molecular flexibility index (Phi) is 6.42. The maximum Gasteiger partial charge on any atom is 0.243 e. The molecule has 140 valence electrons. The number of nitrogens with zero attached hydrogens (tertiary/aromatic N) is 2. The molecule has 2 aliphatic rings. The predicted molar refractivity (Wildman–Crippen MR) is 94.7 cm³/mol. The third kappa shape index (κ3) is 4.13. The molecule has 0 bridgehead atoms. The topological polar surface area (TPSA) is 69.7 Å². The van der Waals surface area contributed by atoms with E-state index in [4.69, 9.17) is 0 Å². The monoisotopic (exact) mass is 391 g/mol. The molecular formula is C16H23ClFN3O3S. The Labute approximate surface area is 153 Å². The SMILES string of the molecule is Cc1cc(S(=O)(=O)N2CCCC(N3CCNCC3=O)C2)ccc1F.Cl. The highest BCUT2D eigenvalue weighted by molar-refractivity contribution is 7.89. The van der Waals surface area contributed by atoms with Crippen LogP contribution in [0.4, 0.5) is 4.39 Å². The van der Waals surface area contributed by atoms with Crippen LogP contribution in [0.25, 0.3) is 0 Å². The summed E-state index contributed by atoms with van der Waals surface area (Å²) in [6.07, 6.45) is 1.52. The Morgan fingerprint density at radius 1 is 1.28 bits per heavy atom. The van der Waals surface area contributed by atoms with Crippen LogP contribution in [-0.4, -0.2) is 62.3 Å². The van der Waals surface area contributed by atoms with Crippen molar-refractivity contribution in [1.82, 2.24) is 14.5 Å². The number of nitrogens with one attached hydrogen (secondary N) is 1. The van der Waals surface area contributed by atoms with E-state index in [0.29, 0.717) is 38.2 Å². The van der Waals surface area contributed by atoms with Crippen LogP contribution in [0.2, 0.25) is 0 Å². The molecule has 1 amide bonds. The molecule has 2 heterocycles. The van der Waals surface area contributed by atoms with Crippen LogP contribution in [-0.2, 0) is 14.8 Å². The van der Waals surface area contributed by atoms with E-state index in [1.54, 1.807) is 11.8 Å². The summed E-state index contributed by atoms with van der Waals surface area (Å²) in [4.78, 5) is 13.9. The van der Waals surface area contributed by atoms with Crippen LogP contribution in [0.5, 0.6) is 0 Å². The number of halogens is 2. The van der Waals surface area contributed by atoms with Crippen molar-refractivity contribution in [3.63, 3.8) is 0 Å². The number of piperidine rings is 1. The first kappa shape index (κ1) is 20.1. The lowest BCUT2D eigenvalue weighted by Crippen LogP contribution is -2.57. The number of benzene rings is 1. The number of rotatable bonds is 3. The van der Waals surface area contributed by atoms with Gasteiger partial charge in [0, 0.05) is 32.2 Å². The molecule has 1 aromatic carbocycles. The van der Waals surface area contributed by atoms with Gasteiger partial charge >= 0.3 is 0 Å². The summed E-state index contributed by atoms with van der Waals surface area (Å²) in [6.45, 7) is 3.91. The molecule has 0 aromatic heterocycles. The molecule has 6 nitrogen and oxygen atoms in total. The Morgan fingerprint density at radius 3 is 2.72 bits per heavy atom. The quantitative estimate of drug-likeness (QED) is 0.838. The van der Waals surface area contributed by atoms with Crippen LogP contribution >= 0.6 is 12.4 Å². The van der Waals surface area contributed by atoms with E-state index in [9.17, 15) is 17.6 Å². The second-order valence-electron chi connectivity index (χ2n) is 6.33. The number of aryl methyl sites for hydroxylation is 1. The molecule has 0 saturated carbocycles. The standard InChI is InChI=1S/C16H22FN3O3S.ClH/c1-12-9-14(4-5-15(12)17)24(22,23)19-7-2-3-13(11-19)20-8-6-18-10-16(20)21;/h4-5,9,13,18H,2-3,6-8,10-11H2,1H3;1H. The van der Waals surface area contributed by atoms with Gasteiger partial charge in [-0.3, -0.25) is 4.79 Å². The van der Waals surface area contributed by atoms with E-state index in [1.807, 2.05) is 0 Å². The minimum atomic E-state index is -3.68. The van der Waals surface area contributed by atoms with Gasteiger partial charge in [-0.2, -0.15) is 4.31 Å². The lowest BCUT2D eigenvalue weighted by atomic mass is 10.1. The first-order chi connectivity index (χ1) is 11.4. The number of piperazine rings is 1. The summed E-state index contributed by atoms with van der Waals surface area (Å²) >= 11 is 0. The zero-order valence-electron chi connectivity index (χ0n) is 14.1. The number of hydrogen-bond donors (Lipinski definition) is 1. The molecule has 1 N–H and O–H groups in total. The highest BCUT2D eigenvalue weighted by Crippen LogP contribution is 2.24. The van der Waals surface area contributed by atoms with Gasteiger partial charge in [-0.15, -0.1) is 12.4 Å². The largest absolute Gasteiger partial charge is 0.336 e. The number of amides is 1. The van der Waals surface area contributed by atoms with Crippen molar-refractivity contribution < 1.29 is 17.6 Å². The van der Waals surface area contributed by atoms with Gasteiger partial charge in [0.2, 0.25) is 15.9 Å². The lowest BCUT2D eigenvalue weighted by Gasteiger charge is -2.40. The van der Waals surface area contributed by atoms with Gasteiger partial charge < -0.3 is 10.2 Å². The van der Waals surface area contributed by atoms with Crippen LogP contribution in [0.15, 0.2) is 23.1 Å². The van der Waals surface area contributed by atoms with Crippen LogP contribution in [0.1, 0.15) is 18.4 Å². The Morgan fingerprint density at radius 2 is 2.04 bits per heavy atom. The van der Waals surface area contributed by atoms with Crippen molar-refractivity contribution in [2.45, 2.75) is 30.7 Å². The predicted octanol–water partition coefficient (Wildman–Crippen LogP) is 1.14. The van der Waals surface area contributed by atoms with Gasteiger partial charge in [0.05, 0.1) is 11.4 Å². The Balaban J connectivity index is 0.00000225. The fourth-order valence-electron chi connectivity index (χ4n) is 3.33. The van der Waals surface area contributed by atoms with Gasteiger partial charge in [0.25, 0.3) is 0 Å². The number of hydrogen-bond acceptors (Lipinski definition) is 4. The molecule has 9 heteroatoms. The van der Waals surface area contributed by atoms with Crippen molar-refractivity contribution in [3.8, 4) is 0 Å². The van der Waals surface area contributed by atoms with Gasteiger partial charge in [0.1, 0.15) is 5.82 Å². The molecule has 2 fully saturated rings. The van der Waals surface area contributed by atoms with Gasteiger partial charge in [0.15, 0.2) is 0 Å². The molecule has 2 saturated heterocycles. The first-order valence-electron chi connectivity index (χ1n) is 8.16. The van der Waals surface area contributed by atoms with Crippen molar-refractivity contribution in [2.75, 3.05) is 32.7 Å². The van der Waals surface area contributed by atoms with Crippen LogP contribution < -0.4 is 5.32 Å². The van der Waals surface area contributed by atoms with Gasteiger partial charge in [-0.25, -0.2) is 12.8 Å². The third-order valence-electron chi connectivity index (χ3n) is 4.69. The van der Waals surface area contributed by atoms with E-state index in [0.717, 1.165) is 13.0 Å². The molecule has 0 radical (unpaired) electrons. The van der Waals surface area contributed by atoms with Crippen LogP contribution in [0.3, 0.4) is 0 Å². The number of carbonyl (C=O) groups is 1. The smallest absolute Gasteiger partial charge is 0.243 e. The van der Waals surface area contributed by atoms with Crippen LogP contribution in [0, 0.1) is 12.7 Å².